The van der Waals surface area contributed by atoms with E-state index in [1.165, 1.54) is 0 Å². The van der Waals surface area contributed by atoms with E-state index in [0.717, 1.165) is 22.5 Å². The van der Waals surface area contributed by atoms with Crippen molar-refractivity contribution in [2.45, 2.75) is 26.1 Å². The monoisotopic (exact) mass is 322 g/mol. The van der Waals surface area contributed by atoms with Gasteiger partial charge in [0.05, 0.1) is 12.6 Å². The summed E-state index contributed by atoms with van der Waals surface area (Å²) in [6, 6.07) is 20.2. The minimum absolute atomic E-state index is 0.385. The molecule has 5 nitrogen and oxygen atoms in total. The summed E-state index contributed by atoms with van der Waals surface area (Å²) >= 11 is 0. The fourth-order valence-electron chi connectivity index (χ4n) is 2.54. The van der Waals surface area contributed by atoms with Crippen LogP contribution in [0.2, 0.25) is 0 Å². The molecule has 1 aromatic heterocycles. The van der Waals surface area contributed by atoms with E-state index in [2.05, 4.69) is 27.6 Å². The Labute approximate surface area is 142 Å². The highest BCUT2D eigenvalue weighted by Crippen LogP contribution is 2.20. The molecule has 0 radical (unpaired) electrons. The van der Waals surface area contributed by atoms with E-state index in [4.69, 9.17) is 0 Å². The van der Waals surface area contributed by atoms with Crippen LogP contribution < -0.4 is 5.32 Å². The van der Waals surface area contributed by atoms with E-state index < -0.39 is 0 Å². The average molecular weight is 322 g/mol. The SMILES string of the molecule is CC(O)CNCc1nn(Cc2ccccc2)nc1-c1ccccc1. The lowest BCUT2D eigenvalue weighted by atomic mass is 10.1. The Morgan fingerprint density at radius 1 is 1.00 bits per heavy atom. The maximum absolute atomic E-state index is 9.41. The quantitative estimate of drug-likeness (QED) is 0.701. The Balaban J connectivity index is 1.84. The van der Waals surface area contributed by atoms with E-state index in [1.54, 1.807) is 11.7 Å². The lowest BCUT2D eigenvalue weighted by Crippen LogP contribution is -2.24. The summed E-state index contributed by atoms with van der Waals surface area (Å²) in [5.41, 5.74) is 3.98. The van der Waals surface area contributed by atoms with Crippen LogP contribution in [0.4, 0.5) is 0 Å². The third-order valence-corrected chi connectivity index (χ3v) is 3.67. The summed E-state index contributed by atoms with van der Waals surface area (Å²) < 4.78 is 0. The van der Waals surface area contributed by atoms with Crippen LogP contribution in [0.25, 0.3) is 11.3 Å². The molecule has 0 saturated carbocycles. The summed E-state index contributed by atoms with van der Waals surface area (Å²) in [6.45, 7) is 3.50. The zero-order valence-corrected chi connectivity index (χ0v) is 13.8. The van der Waals surface area contributed by atoms with Crippen LogP contribution in [0.1, 0.15) is 18.2 Å². The van der Waals surface area contributed by atoms with Gasteiger partial charge in [0.2, 0.25) is 0 Å². The summed E-state index contributed by atoms with van der Waals surface area (Å²) in [6.07, 6.45) is -0.385. The highest BCUT2D eigenvalue weighted by molar-refractivity contribution is 5.60. The third kappa shape index (κ3) is 4.28. The molecule has 0 spiro atoms. The van der Waals surface area contributed by atoms with E-state index in [9.17, 15) is 5.11 Å². The fourth-order valence-corrected chi connectivity index (χ4v) is 2.54. The molecule has 0 fully saturated rings. The Morgan fingerprint density at radius 2 is 1.67 bits per heavy atom. The van der Waals surface area contributed by atoms with Crippen LogP contribution in [-0.4, -0.2) is 32.7 Å². The highest BCUT2D eigenvalue weighted by Gasteiger charge is 2.13. The molecular weight excluding hydrogens is 300 g/mol. The van der Waals surface area contributed by atoms with Gasteiger partial charge in [-0.05, 0) is 12.5 Å². The number of hydrogen-bond acceptors (Lipinski definition) is 4. The van der Waals surface area contributed by atoms with Gasteiger partial charge in [-0.2, -0.15) is 15.0 Å². The average Bonchev–Trinajstić information content (AvgIpc) is 2.99. The van der Waals surface area contributed by atoms with Gasteiger partial charge < -0.3 is 10.4 Å². The van der Waals surface area contributed by atoms with Crippen LogP contribution in [0.3, 0.4) is 0 Å². The Morgan fingerprint density at radius 3 is 2.33 bits per heavy atom. The van der Waals surface area contributed by atoms with Gasteiger partial charge in [-0.15, -0.1) is 0 Å². The lowest BCUT2D eigenvalue weighted by molar-refractivity contribution is 0.191. The molecule has 3 aromatic rings. The van der Waals surface area contributed by atoms with Gasteiger partial charge in [0.25, 0.3) is 0 Å². The number of aliphatic hydroxyl groups excluding tert-OH is 1. The summed E-state index contributed by atoms with van der Waals surface area (Å²) in [7, 11) is 0. The van der Waals surface area contributed by atoms with Crippen molar-refractivity contribution in [3.8, 4) is 11.3 Å². The molecule has 3 rings (SSSR count). The molecule has 2 N–H and O–H groups in total. The number of aromatic nitrogens is 3. The second-order valence-corrected chi connectivity index (χ2v) is 5.86. The van der Waals surface area contributed by atoms with Gasteiger partial charge in [-0.1, -0.05) is 60.7 Å². The molecule has 1 heterocycles. The van der Waals surface area contributed by atoms with E-state index >= 15 is 0 Å². The number of aliphatic hydroxyl groups is 1. The smallest absolute Gasteiger partial charge is 0.117 e. The van der Waals surface area contributed by atoms with Gasteiger partial charge >= 0.3 is 0 Å². The molecule has 0 bridgehead atoms. The molecule has 1 unspecified atom stereocenters. The Hall–Kier alpha value is -2.50. The molecule has 124 valence electrons. The maximum Gasteiger partial charge on any atom is 0.117 e. The van der Waals surface area contributed by atoms with Crippen molar-refractivity contribution < 1.29 is 5.11 Å². The van der Waals surface area contributed by atoms with Crippen molar-refractivity contribution in [1.29, 1.82) is 0 Å². The third-order valence-electron chi connectivity index (χ3n) is 3.67. The van der Waals surface area contributed by atoms with Crippen LogP contribution in [0.15, 0.2) is 60.7 Å². The number of nitrogens with zero attached hydrogens (tertiary/aromatic N) is 3. The Bertz CT molecular complexity index is 754. The Kier molecular flexibility index (Phi) is 5.36. The fraction of sp³-hybridized carbons (Fsp3) is 0.263. The zero-order chi connectivity index (χ0) is 16.8. The van der Waals surface area contributed by atoms with Crippen LogP contribution >= 0.6 is 0 Å². The molecule has 0 aliphatic rings. The van der Waals surface area contributed by atoms with Gasteiger partial charge in [-0.3, -0.25) is 0 Å². The summed E-state index contributed by atoms with van der Waals surface area (Å²) in [4.78, 5) is 1.73. The second kappa shape index (κ2) is 7.86. The van der Waals surface area contributed by atoms with Crippen LogP contribution in [0, 0.1) is 0 Å². The normalized spacial score (nSPS) is 12.2. The van der Waals surface area contributed by atoms with Crippen molar-refractivity contribution >= 4 is 0 Å². The second-order valence-electron chi connectivity index (χ2n) is 5.86. The van der Waals surface area contributed by atoms with Gasteiger partial charge in [0.15, 0.2) is 0 Å². The van der Waals surface area contributed by atoms with Crippen molar-refractivity contribution in [2.75, 3.05) is 6.54 Å². The van der Waals surface area contributed by atoms with E-state index in [-0.39, 0.29) is 6.10 Å². The first-order valence-electron chi connectivity index (χ1n) is 8.14. The lowest BCUT2D eigenvalue weighted by Gasteiger charge is -2.05. The first-order valence-corrected chi connectivity index (χ1v) is 8.14. The number of rotatable bonds is 7. The largest absolute Gasteiger partial charge is 0.392 e. The van der Waals surface area contributed by atoms with Crippen LogP contribution in [0.5, 0.6) is 0 Å². The minimum Gasteiger partial charge on any atom is -0.392 e. The topological polar surface area (TPSA) is 63.0 Å². The minimum atomic E-state index is -0.385. The molecule has 2 aromatic carbocycles. The standard InChI is InChI=1S/C19H22N4O/c1-15(24)12-20-13-18-19(17-10-6-3-7-11-17)22-23(21-18)14-16-8-4-2-5-9-16/h2-11,15,20,24H,12-14H2,1H3. The number of benzene rings is 2. The van der Waals surface area contributed by atoms with Crippen molar-refractivity contribution in [3.05, 3.63) is 71.9 Å². The first-order chi connectivity index (χ1) is 11.7. The molecule has 0 amide bonds. The predicted molar refractivity (Wildman–Crippen MR) is 94.4 cm³/mol. The van der Waals surface area contributed by atoms with Gasteiger partial charge in [-0.25, -0.2) is 0 Å². The van der Waals surface area contributed by atoms with Crippen molar-refractivity contribution in [1.82, 2.24) is 20.3 Å². The maximum atomic E-state index is 9.41. The highest BCUT2D eigenvalue weighted by atomic mass is 16.3. The molecule has 0 saturated heterocycles. The molecule has 0 aliphatic carbocycles. The summed E-state index contributed by atoms with van der Waals surface area (Å²) in [5.74, 6) is 0. The predicted octanol–water partition coefficient (Wildman–Crippen LogP) is 2.46. The summed E-state index contributed by atoms with van der Waals surface area (Å²) in [5, 5.41) is 22.0. The van der Waals surface area contributed by atoms with Crippen molar-refractivity contribution in [2.24, 2.45) is 0 Å². The zero-order valence-electron chi connectivity index (χ0n) is 13.8. The number of nitrogens with one attached hydrogen (secondary N) is 1. The molecule has 0 aliphatic heterocycles. The number of hydrogen-bond donors (Lipinski definition) is 2. The molecule has 24 heavy (non-hydrogen) atoms. The molecule has 1 atom stereocenters. The van der Waals surface area contributed by atoms with Gasteiger partial charge in [0.1, 0.15) is 11.4 Å². The first kappa shape index (κ1) is 16.4. The van der Waals surface area contributed by atoms with Gasteiger partial charge in [0, 0.05) is 18.7 Å². The van der Waals surface area contributed by atoms with E-state index in [1.807, 2.05) is 48.5 Å². The van der Waals surface area contributed by atoms with E-state index in [0.29, 0.717) is 19.6 Å². The van der Waals surface area contributed by atoms with Crippen molar-refractivity contribution in [3.63, 3.8) is 0 Å². The molecular formula is C19H22N4O. The van der Waals surface area contributed by atoms with Crippen LogP contribution in [-0.2, 0) is 13.1 Å². The molecule has 5 heteroatoms.